The van der Waals surface area contributed by atoms with E-state index in [1.165, 1.54) is 19.3 Å². The van der Waals surface area contributed by atoms with Gasteiger partial charge in [0.1, 0.15) is 0 Å². The number of urea groups is 1. The maximum atomic E-state index is 13.1. The lowest BCUT2D eigenvalue weighted by molar-refractivity contribution is -0.109. The van der Waals surface area contributed by atoms with Gasteiger partial charge in [-0.3, -0.25) is 0 Å². The third-order valence-corrected chi connectivity index (χ3v) is 6.43. The van der Waals surface area contributed by atoms with Gasteiger partial charge in [0, 0.05) is 30.6 Å². The van der Waals surface area contributed by atoms with Crippen molar-refractivity contribution >= 4 is 6.03 Å². The number of ether oxygens (including phenoxy) is 1. The van der Waals surface area contributed by atoms with Gasteiger partial charge in [-0.15, -0.1) is 0 Å². The maximum absolute atomic E-state index is 13.1. The number of fused-ring (bicyclic) bond motifs is 1. The van der Waals surface area contributed by atoms with Crippen LogP contribution in [0.25, 0.3) is 0 Å². The molecule has 3 saturated heterocycles. The molecule has 23 heavy (non-hydrogen) atoms. The Hall–Kier alpha value is -0.810. The van der Waals surface area contributed by atoms with Crippen molar-refractivity contribution < 1.29 is 9.53 Å². The molecule has 3 aliphatic heterocycles. The van der Waals surface area contributed by atoms with E-state index in [-0.39, 0.29) is 23.0 Å². The highest BCUT2D eigenvalue weighted by Crippen LogP contribution is 2.47. The zero-order valence-electron chi connectivity index (χ0n) is 14.8. The number of piperidine rings is 1. The topological polar surface area (TPSA) is 44.8 Å². The first-order valence-corrected chi connectivity index (χ1v) is 9.32. The summed E-state index contributed by atoms with van der Waals surface area (Å²) in [6, 6.07) is 1.14. The minimum Gasteiger partial charge on any atom is -0.380 e. The van der Waals surface area contributed by atoms with Crippen LogP contribution in [0.1, 0.15) is 46.5 Å². The van der Waals surface area contributed by atoms with Crippen molar-refractivity contribution in [2.24, 2.45) is 11.3 Å². The molecule has 4 fully saturated rings. The van der Waals surface area contributed by atoms with Gasteiger partial charge in [0.25, 0.3) is 0 Å². The molecule has 3 atom stereocenters. The Morgan fingerprint density at radius 2 is 2.13 bits per heavy atom. The molecule has 5 heteroatoms. The van der Waals surface area contributed by atoms with Crippen LogP contribution in [0.5, 0.6) is 0 Å². The number of carbonyl (C=O) groups excluding carboxylic acids is 1. The van der Waals surface area contributed by atoms with E-state index < -0.39 is 0 Å². The van der Waals surface area contributed by atoms with E-state index in [1.54, 1.807) is 0 Å². The molecule has 0 aromatic carbocycles. The van der Waals surface area contributed by atoms with Crippen LogP contribution in [0.2, 0.25) is 0 Å². The van der Waals surface area contributed by atoms with Gasteiger partial charge in [-0.05, 0) is 52.0 Å². The number of rotatable bonds is 3. The number of hydrogen-bond donors (Lipinski definition) is 1. The van der Waals surface area contributed by atoms with Gasteiger partial charge in [0.2, 0.25) is 0 Å². The molecule has 5 nitrogen and oxygen atoms in total. The predicted octanol–water partition coefficient (Wildman–Crippen LogP) is 2.07. The molecule has 130 valence electrons. The van der Waals surface area contributed by atoms with Gasteiger partial charge < -0.3 is 19.9 Å². The summed E-state index contributed by atoms with van der Waals surface area (Å²) in [4.78, 5) is 17.5. The Kier molecular flexibility index (Phi) is 3.65. The summed E-state index contributed by atoms with van der Waals surface area (Å²) in [5.74, 6) is 0.750. The fourth-order valence-corrected chi connectivity index (χ4v) is 5.56. The second kappa shape index (κ2) is 5.35. The van der Waals surface area contributed by atoms with Gasteiger partial charge in [-0.25, -0.2) is 4.79 Å². The molecule has 4 rings (SSSR count). The number of nitrogens with one attached hydrogen (secondary N) is 1. The summed E-state index contributed by atoms with van der Waals surface area (Å²) in [6.45, 7) is 11.1. The molecule has 1 aliphatic carbocycles. The number of carbonyl (C=O) groups is 1. The molecule has 2 amide bonds. The van der Waals surface area contributed by atoms with Crippen molar-refractivity contribution in [3.05, 3.63) is 0 Å². The summed E-state index contributed by atoms with van der Waals surface area (Å²) < 4.78 is 5.39. The van der Waals surface area contributed by atoms with Crippen molar-refractivity contribution in [3.8, 4) is 0 Å². The van der Waals surface area contributed by atoms with E-state index in [9.17, 15) is 4.79 Å². The highest BCUT2D eigenvalue weighted by molar-refractivity contribution is 5.79. The number of hydrogen-bond acceptors (Lipinski definition) is 3. The van der Waals surface area contributed by atoms with Crippen LogP contribution in [0.3, 0.4) is 0 Å². The van der Waals surface area contributed by atoms with Crippen molar-refractivity contribution in [1.82, 2.24) is 15.1 Å². The van der Waals surface area contributed by atoms with Crippen LogP contribution in [0.4, 0.5) is 4.79 Å². The lowest BCUT2D eigenvalue weighted by atomic mass is 9.87. The largest absolute Gasteiger partial charge is 0.380 e. The first-order chi connectivity index (χ1) is 10.9. The zero-order valence-corrected chi connectivity index (χ0v) is 14.8. The van der Waals surface area contributed by atoms with E-state index in [2.05, 4.69) is 35.9 Å². The lowest BCUT2D eigenvalue weighted by Gasteiger charge is -2.40. The molecule has 0 bridgehead atoms. The third-order valence-electron chi connectivity index (χ3n) is 6.43. The Bertz CT molecular complexity index is 475. The summed E-state index contributed by atoms with van der Waals surface area (Å²) in [6.07, 6.45) is 4.92. The van der Waals surface area contributed by atoms with Crippen LogP contribution in [-0.2, 0) is 4.74 Å². The molecular formula is C18H31N3O2. The highest BCUT2D eigenvalue weighted by Gasteiger charge is 2.58. The van der Waals surface area contributed by atoms with Crippen molar-refractivity contribution in [1.29, 1.82) is 0 Å². The lowest BCUT2D eigenvalue weighted by Crippen LogP contribution is -2.50. The zero-order chi connectivity index (χ0) is 16.2. The number of nitrogens with zero attached hydrogens (tertiary/aromatic N) is 2. The quantitative estimate of drug-likeness (QED) is 0.865. The minimum atomic E-state index is 0.0545. The molecule has 1 N–H and O–H groups in total. The van der Waals surface area contributed by atoms with Crippen LogP contribution in [0, 0.1) is 11.3 Å². The fraction of sp³-hybridized carbons (Fsp3) is 0.944. The summed E-state index contributed by atoms with van der Waals surface area (Å²) >= 11 is 0. The Balaban J connectivity index is 1.57. The first-order valence-electron chi connectivity index (χ1n) is 9.32. The van der Waals surface area contributed by atoms with Crippen LogP contribution in [-0.4, -0.2) is 66.3 Å². The summed E-state index contributed by atoms with van der Waals surface area (Å²) in [5.41, 5.74) is 0.215. The first kappa shape index (κ1) is 15.7. The predicted molar refractivity (Wildman–Crippen MR) is 89.3 cm³/mol. The van der Waals surface area contributed by atoms with E-state index in [0.29, 0.717) is 6.04 Å². The van der Waals surface area contributed by atoms with E-state index >= 15 is 0 Å². The van der Waals surface area contributed by atoms with Gasteiger partial charge in [-0.2, -0.15) is 0 Å². The second-order valence-corrected chi connectivity index (χ2v) is 9.00. The average Bonchev–Trinajstić information content (AvgIpc) is 2.94. The maximum Gasteiger partial charge on any atom is 0.320 e. The standard InChI is InChI=1S/C18H31N3O2/c1-13(2)21-16(22)20(9-17(3)11-23-12-17)10-18(21)7-14-5-4-6-19-15(14)8-18/h13-15,19H,4-12H2,1-3H3. The minimum absolute atomic E-state index is 0.0545. The van der Waals surface area contributed by atoms with E-state index in [0.717, 1.165) is 45.2 Å². The molecule has 0 radical (unpaired) electrons. The fourth-order valence-electron chi connectivity index (χ4n) is 5.56. The van der Waals surface area contributed by atoms with E-state index in [1.807, 2.05) is 0 Å². The van der Waals surface area contributed by atoms with E-state index in [4.69, 9.17) is 4.74 Å². The molecular weight excluding hydrogens is 290 g/mol. The molecule has 1 saturated carbocycles. The van der Waals surface area contributed by atoms with Crippen molar-refractivity contribution in [2.75, 3.05) is 32.8 Å². The molecule has 4 aliphatic rings. The van der Waals surface area contributed by atoms with Crippen molar-refractivity contribution in [2.45, 2.75) is 64.1 Å². The Labute approximate surface area is 139 Å². The molecule has 0 aromatic rings. The summed E-state index contributed by atoms with van der Waals surface area (Å²) in [7, 11) is 0. The van der Waals surface area contributed by atoms with Gasteiger partial charge in [-0.1, -0.05) is 6.92 Å². The highest BCUT2D eigenvalue weighted by atomic mass is 16.5. The van der Waals surface area contributed by atoms with Crippen LogP contribution >= 0.6 is 0 Å². The smallest absolute Gasteiger partial charge is 0.320 e. The molecule has 3 heterocycles. The SMILES string of the molecule is CC(C)N1C(=O)N(CC2(C)COC2)CC12CC1CCCNC1C2. The Morgan fingerprint density at radius 1 is 1.35 bits per heavy atom. The molecule has 3 unspecified atom stereocenters. The monoisotopic (exact) mass is 321 g/mol. The average molecular weight is 321 g/mol. The summed E-state index contributed by atoms with van der Waals surface area (Å²) in [5, 5.41) is 3.72. The third kappa shape index (κ3) is 2.47. The van der Waals surface area contributed by atoms with Crippen LogP contribution in [0.15, 0.2) is 0 Å². The van der Waals surface area contributed by atoms with Gasteiger partial charge >= 0.3 is 6.03 Å². The Morgan fingerprint density at radius 3 is 2.74 bits per heavy atom. The molecule has 0 aromatic heterocycles. The molecule has 1 spiro atoms. The van der Waals surface area contributed by atoms with Crippen molar-refractivity contribution in [3.63, 3.8) is 0 Å². The van der Waals surface area contributed by atoms with Crippen LogP contribution < -0.4 is 5.32 Å². The number of amides is 2. The second-order valence-electron chi connectivity index (χ2n) is 9.00. The van der Waals surface area contributed by atoms with Gasteiger partial charge in [0.15, 0.2) is 0 Å². The normalized spacial score (nSPS) is 39.2. The van der Waals surface area contributed by atoms with Gasteiger partial charge in [0.05, 0.1) is 18.8 Å².